The largest absolute Gasteiger partial charge is 0.423 e. The SMILES string of the molecule is C=C[C@H]1[C@@H](O)[C@H](n2c(=O)oc3c(=O)[nH]c(N)nc32)O[C@@H]1CO. The van der Waals surface area contributed by atoms with Gasteiger partial charge in [-0.2, -0.15) is 4.98 Å². The highest BCUT2D eigenvalue weighted by molar-refractivity contribution is 5.68. The van der Waals surface area contributed by atoms with Gasteiger partial charge in [-0.05, 0) is 0 Å². The van der Waals surface area contributed by atoms with Gasteiger partial charge in [0.25, 0.3) is 5.56 Å². The third-order valence-corrected chi connectivity index (χ3v) is 3.63. The Bertz CT molecular complexity index is 836. The number of nitrogens with one attached hydrogen (secondary N) is 1. The first-order valence-corrected chi connectivity index (χ1v) is 6.45. The highest BCUT2D eigenvalue weighted by Crippen LogP contribution is 2.34. The molecule has 0 amide bonds. The number of nitrogen functional groups attached to an aromatic ring is 1. The number of hydrogen-bond acceptors (Lipinski definition) is 8. The van der Waals surface area contributed by atoms with Crippen LogP contribution in [0.1, 0.15) is 6.23 Å². The number of hydrogen-bond donors (Lipinski definition) is 4. The molecule has 0 aliphatic carbocycles. The average Bonchev–Trinajstić information content (AvgIpc) is 2.95. The van der Waals surface area contributed by atoms with Gasteiger partial charge in [-0.1, -0.05) is 6.08 Å². The number of nitrogens with two attached hydrogens (primary N) is 1. The predicted molar refractivity (Wildman–Crippen MR) is 74.0 cm³/mol. The molecule has 1 aliphatic heterocycles. The second-order valence-electron chi connectivity index (χ2n) is 4.89. The van der Waals surface area contributed by atoms with Crippen LogP contribution in [-0.2, 0) is 4.74 Å². The fourth-order valence-electron chi connectivity index (χ4n) is 2.60. The number of ether oxygens (including phenoxy) is 1. The summed E-state index contributed by atoms with van der Waals surface area (Å²) in [7, 11) is 0. The minimum absolute atomic E-state index is 0.142. The second kappa shape index (κ2) is 5.09. The summed E-state index contributed by atoms with van der Waals surface area (Å²) in [5.41, 5.74) is 4.28. The highest BCUT2D eigenvalue weighted by Gasteiger charge is 2.44. The number of nitrogens with zero attached hydrogens (tertiary/aromatic N) is 2. The summed E-state index contributed by atoms with van der Waals surface area (Å²) in [6.07, 6.45) is -1.67. The lowest BCUT2D eigenvalue weighted by Crippen LogP contribution is -2.30. The lowest BCUT2D eigenvalue weighted by atomic mass is 9.99. The van der Waals surface area contributed by atoms with Gasteiger partial charge in [0, 0.05) is 5.92 Å². The number of aliphatic hydroxyl groups excluding tert-OH is 2. The summed E-state index contributed by atoms with van der Waals surface area (Å²) in [6.45, 7) is 3.20. The molecule has 3 heterocycles. The van der Waals surface area contributed by atoms with E-state index in [0.29, 0.717) is 0 Å². The van der Waals surface area contributed by atoms with E-state index in [2.05, 4.69) is 16.5 Å². The monoisotopic (exact) mass is 310 g/mol. The number of aromatic amines is 1. The van der Waals surface area contributed by atoms with Gasteiger partial charge in [-0.15, -0.1) is 6.58 Å². The third kappa shape index (κ3) is 1.96. The fraction of sp³-hybridized carbons (Fsp3) is 0.417. The van der Waals surface area contributed by atoms with Crippen molar-refractivity contribution in [2.45, 2.75) is 18.4 Å². The maximum Gasteiger partial charge on any atom is 0.423 e. The van der Waals surface area contributed by atoms with Crippen molar-refractivity contribution in [3.63, 3.8) is 0 Å². The summed E-state index contributed by atoms with van der Waals surface area (Å²) in [5.74, 6) is -1.73. The smallest absolute Gasteiger partial charge is 0.400 e. The van der Waals surface area contributed by atoms with Crippen LogP contribution in [0, 0.1) is 5.92 Å². The van der Waals surface area contributed by atoms with Crippen molar-refractivity contribution in [3.8, 4) is 0 Å². The number of rotatable bonds is 3. The summed E-state index contributed by atoms with van der Waals surface area (Å²) >= 11 is 0. The summed E-state index contributed by atoms with van der Waals surface area (Å²) in [6, 6.07) is 0. The normalized spacial score (nSPS) is 28.3. The van der Waals surface area contributed by atoms with E-state index < -0.39 is 35.7 Å². The van der Waals surface area contributed by atoms with Crippen molar-refractivity contribution in [2.24, 2.45) is 5.92 Å². The Morgan fingerprint density at radius 1 is 1.50 bits per heavy atom. The summed E-state index contributed by atoms with van der Waals surface area (Å²) in [4.78, 5) is 29.8. The van der Waals surface area contributed by atoms with Crippen LogP contribution in [0.2, 0.25) is 0 Å². The number of oxazole rings is 1. The molecule has 1 aliphatic rings. The van der Waals surface area contributed by atoms with Crippen molar-refractivity contribution in [1.29, 1.82) is 0 Å². The van der Waals surface area contributed by atoms with Crippen molar-refractivity contribution in [1.82, 2.24) is 14.5 Å². The first-order valence-electron chi connectivity index (χ1n) is 6.45. The van der Waals surface area contributed by atoms with Gasteiger partial charge in [0.1, 0.15) is 6.10 Å². The van der Waals surface area contributed by atoms with Crippen LogP contribution in [0.3, 0.4) is 0 Å². The lowest BCUT2D eigenvalue weighted by molar-refractivity contribution is -0.0520. The maximum atomic E-state index is 12.0. The van der Waals surface area contributed by atoms with Crippen molar-refractivity contribution < 1.29 is 19.4 Å². The van der Waals surface area contributed by atoms with Crippen LogP contribution in [0.5, 0.6) is 0 Å². The van der Waals surface area contributed by atoms with E-state index in [4.69, 9.17) is 14.9 Å². The summed E-state index contributed by atoms with van der Waals surface area (Å²) in [5, 5.41) is 19.6. The second-order valence-corrected chi connectivity index (χ2v) is 4.89. The van der Waals surface area contributed by atoms with Gasteiger partial charge in [-0.3, -0.25) is 9.78 Å². The molecule has 0 aromatic carbocycles. The Kier molecular flexibility index (Phi) is 3.35. The zero-order chi connectivity index (χ0) is 16.0. The molecule has 2 aromatic rings. The Hall–Kier alpha value is -2.43. The van der Waals surface area contributed by atoms with Gasteiger partial charge in [-0.25, -0.2) is 9.36 Å². The molecule has 3 rings (SSSR count). The Labute approximate surface area is 122 Å². The molecule has 5 N–H and O–H groups in total. The number of fused-ring (bicyclic) bond motifs is 1. The lowest BCUT2D eigenvalue weighted by Gasteiger charge is -2.15. The minimum Gasteiger partial charge on any atom is -0.400 e. The average molecular weight is 310 g/mol. The van der Waals surface area contributed by atoms with E-state index in [9.17, 15) is 19.8 Å². The van der Waals surface area contributed by atoms with Crippen LogP contribution >= 0.6 is 0 Å². The number of aromatic nitrogens is 3. The van der Waals surface area contributed by atoms with Crippen LogP contribution in [0.4, 0.5) is 5.95 Å². The molecule has 0 unspecified atom stereocenters. The number of aliphatic hydroxyl groups is 2. The molecule has 118 valence electrons. The molecule has 4 atom stereocenters. The molecule has 0 spiro atoms. The topological polar surface area (TPSA) is 157 Å². The summed E-state index contributed by atoms with van der Waals surface area (Å²) < 4.78 is 11.2. The van der Waals surface area contributed by atoms with E-state index in [1.54, 1.807) is 0 Å². The molecule has 0 saturated carbocycles. The van der Waals surface area contributed by atoms with Crippen LogP contribution in [-0.4, -0.2) is 43.6 Å². The van der Waals surface area contributed by atoms with Crippen molar-refractivity contribution in [3.05, 3.63) is 33.6 Å². The van der Waals surface area contributed by atoms with Crippen LogP contribution in [0.25, 0.3) is 11.2 Å². The maximum absolute atomic E-state index is 12.0. The third-order valence-electron chi connectivity index (χ3n) is 3.63. The molecule has 1 saturated heterocycles. The Morgan fingerprint density at radius 3 is 2.82 bits per heavy atom. The van der Waals surface area contributed by atoms with Gasteiger partial charge in [0.2, 0.25) is 11.5 Å². The Balaban J connectivity index is 2.19. The zero-order valence-electron chi connectivity index (χ0n) is 11.3. The van der Waals surface area contributed by atoms with Gasteiger partial charge >= 0.3 is 5.76 Å². The fourth-order valence-corrected chi connectivity index (χ4v) is 2.60. The molecular formula is C12H14N4O6. The van der Waals surface area contributed by atoms with E-state index >= 15 is 0 Å². The molecule has 0 bridgehead atoms. The molecule has 2 aromatic heterocycles. The van der Waals surface area contributed by atoms with Gasteiger partial charge < -0.3 is 25.1 Å². The Morgan fingerprint density at radius 2 is 2.23 bits per heavy atom. The van der Waals surface area contributed by atoms with E-state index in [1.165, 1.54) is 6.08 Å². The first kappa shape index (κ1) is 14.5. The number of H-pyrrole nitrogens is 1. The van der Waals surface area contributed by atoms with E-state index in [-0.39, 0.29) is 23.8 Å². The van der Waals surface area contributed by atoms with E-state index in [1.807, 2.05) is 0 Å². The number of anilines is 1. The highest BCUT2D eigenvalue weighted by atomic mass is 16.5. The van der Waals surface area contributed by atoms with E-state index in [0.717, 1.165) is 4.57 Å². The van der Waals surface area contributed by atoms with Gasteiger partial charge in [0.15, 0.2) is 11.9 Å². The molecular weight excluding hydrogens is 296 g/mol. The molecule has 10 heteroatoms. The molecule has 1 fully saturated rings. The van der Waals surface area contributed by atoms with Gasteiger partial charge in [0.05, 0.1) is 12.7 Å². The standard InChI is InChI=1S/C12H14N4O6/c1-2-4-5(3-17)21-10(6(4)18)16-8-7(22-12(16)20)9(19)15-11(13)14-8/h2,4-6,10,17-18H,1,3H2,(H3,13,14,15,19)/t4-,5-,6-,10-/m1/s1. The van der Waals surface area contributed by atoms with Crippen molar-refractivity contribution in [2.75, 3.05) is 12.3 Å². The molecule has 10 nitrogen and oxygen atoms in total. The van der Waals surface area contributed by atoms with Crippen molar-refractivity contribution >= 4 is 17.2 Å². The first-order chi connectivity index (χ1) is 10.5. The quantitative estimate of drug-likeness (QED) is 0.489. The zero-order valence-corrected chi connectivity index (χ0v) is 11.3. The van der Waals surface area contributed by atoms with Crippen LogP contribution in [0.15, 0.2) is 26.7 Å². The predicted octanol–water partition coefficient (Wildman–Crippen LogP) is -1.69. The minimum atomic E-state index is -1.18. The molecule has 22 heavy (non-hydrogen) atoms. The van der Waals surface area contributed by atoms with Crippen LogP contribution < -0.4 is 17.0 Å². The molecule has 0 radical (unpaired) electrons.